The van der Waals surface area contributed by atoms with E-state index in [0.29, 0.717) is 53.6 Å². The summed E-state index contributed by atoms with van der Waals surface area (Å²) < 4.78 is 18.0. The van der Waals surface area contributed by atoms with E-state index in [9.17, 15) is 14.1 Å². The van der Waals surface area contributed by atoms with Crippen LogP contribution in [-0.4, -0.2) is 75.5 Å². The first-order valence-electron chi connectivity index (χ1n) is 22.9. The van der Waals surface area contributed by atoms with Crippen molar-refractivity contribution in [3.63, 3.8) is 0 Å². The van der Waals surface area contributed by atoms with Gasteiger partial charge in [0.1, 0.15) is 17.8 Å². The lowest BCUT2D eigenvalue weighted by Crippen LogP contribution is -2.68. The molecule has 4 saturated carbocycles. The van der Waals surface area contributed by atoms with Gasteiger partial charge in [0.2, 0.25) is 0 Å². The largest absolute Gasteiger partial charge is 0.491 e. The Morgan fingerprint density at radius 2 is 1.79 bits per heavy atom. The van der Waals surface area contributed by atoms with E-state index in [2.05, 4.69) is 89.4 Å². The van der Waals surface area contributed by atoms with Gasteiger partial charge in [-0.05, 0) is 179 Å². The van der Waals surface area contributed by atoms with Crippen molar-refractivity contribution in [3.8, 4) is 5.75 Å². The summed E-state index contributed by atoms with van der Waals surface area (Å²) in [5, 5.41) is 15.0. The van der Waals surface area contributed by atoms with Crippen molar-refractivity contribution in [3.05, 3.63) is 60.0 Å². The number of carboxylic acids is 1. The molecular formula is C50H77N3O4S. The molecule has 0 bridgehead atoms. The van der Waals surface area contributed by atoms with Gasteiger partial charge in [0.15, 0.2) is 0 Å². The first-order valence-corrected chi connectivity index (χ1v) is 24.5. The molecule has 4 fully saturated rings. The molecule has 0 radical (unpaired) electrons. The highest BCUT2D eigenvalue weighted by Crippen LogP contribution is 2.76. The molecule has 6 aliphatic rings. The SMILES string of the molecule is C=C(C)[C@@H]1CC[C@]2(NCCN(C)CCC(C)S(C)=O)CC[C@]3(C)[C@H](CC[C@@H]4[C@@]5(C)CC=C(C6=CCC(COc7cccnc7)(C(=O)O)CC6)C(C)(C)[C@@H]5CC[C@]43C)[C@@H]12. The van der Waals surface area contributed by atoms with Gasteiger partial charge in [-0.1, -0.05) is 65.8 Å². The highest BCUT2D eigenvalue weighted by molar-refractivity contribution is 7.84. The Hall–Kier alpha value is -2.29. The van der Waals surface area contributed by atoms with Gasteiger partial charge in [0.05, 0.1) is 6.20 Å². The molecule has 0 aromatic carbocycles. The molecule has 12 atom stereocenters. The van der Waals surface area contributed by atoms with Crippen LogP contribution >= 0.6 is 0 Å². The Labute approximate surface area is 354 Å². The van der Waals surface area contributed by atoms with Crippen molar-refractivity contribution in [1.29, 1.82) is 0 Å². The first-order chi connectivity index (χ1) is 27.3. The summed E-state index contributed by atoms with van der Waals surface area (Å²) in [5.74, 6) is 3.05. The van der Waals surface area contributed by atoms with Crippen molar-refractivity contribution in [1.82, 2.24) is 15.2 Å². The molecule has 6 aliphatic carbocycles. The summed E-state index contributed by atoms with van der Waals surface area (Å²) in [6.45, 7) is 25.4. The molecule has 3 unspecified atom stereocenters. The van der Waals surface area contributed by atoms with Gasteiger partial charge in [-0.2, -0.15) is 0 Å². The zero-order valence-corrected chi connectivity index (χ0v) is 38.4. The number of pyridine rings is 1. The molecule has 7 nitrogen and oxygen atoms in total. The molecule has 1 aromatic rings. The van der Waals surface area contributed by atoms with E-state index in [1.165, 1.54) is 68.1 Å². The van der Waals surface area contributed by atoms with E-state index in [-0.39, 0.29) is 33.6 Å². The molecule has 1 aromatic heterocycles. The number of rotatable bonds is 14. The second-order valence-corrected chi connectivity index (χ2v) is 23.5. The summed E-state index contributed by atoms with van der Waals surface area (Å²) >= 11 is 0. The van der Waals surface area contributed by atoms with Crippen LogP contribution in [0.5, 0.6) is 5.75 Å². The van der Waals surface area contributed by atoms with Crippen LogP contribution < -0.4 is 10.1 Å². The van der Waals surface area contributed by atoms with Crippen LogP contribution in [0.2, 0.25) is 0 Å². The number of carboxylic acid groups (broad SMARTS) is 1. The van der Waals surface area contributed by atoms with Crippen LogP contribution in [-0.2, 0) is 15.6 Å². The topological polar surface area (TPSA) is 91.8 Å². The van der Waals surface area contributed by atoms with Crippen LogP contribution in [0.1, 0.15) is 132 Å². The maximum absolute atomic E-state index is 12.7. The average Bonchev–Trinajstić information content (AvgIpc) is 3.57. The number of allylic oxidation sites excluding steroid dienone is 5. The van der Waals surface area contributed by atoms with E-state index in [1.54, 1.807) is 12.4 Å². The molecule has 0 aliphatic heterocycles. The number of likely N-dealkylation sites (N-methyl/N-ethyl adjacent to an activating group) is 1. The Morgan fingerprint density at radius 3 is 2.45 bits per heavy atom. The number of carbonyl (C=O) groups is 1. The van der Waals surface area contributed by atoms with Gasteiger partial charge in [-0.15, -0.1) is 0 Å². The molecule has 0 spiro atoms. The molecule has 0 saturated heterocycles. The normalized spacial score (nSPS) is 40.2. The van der Waals surface area contributed by atoms with E-state index >= 15 is 0 Å². The number of hydrogen-bond donors (Lipinski definition) is 2. The van der Waals surface area contributed by atoms with Crippen LogP contribution in [0.15, 0.2) is 60.0 Å². The number of fused-ring (bicyclic) bond motifs is 7. The summed E-state index contributed by atoms with van der Waals surface area (Å²) in [5.41, 5.74) is 4.35. The summed E-state index contributed by atoms with van der Waals surface area (Å²) in [7, 11) is 1.47. The van der Waals surface area contributed by atoms with Crippen molar-refractivity contribution < 1.29 is 18.8 Å². The van der Waals surface area contributed by atoms with Gasteiger partial charge < -0.3 is 20.1 Å². The Kier molecular flexibility index (Phi) is 12.2. The predicted molar refractivity (Wildman–Crippen MR) is 238 cm³/mol. The zero-order valence-electron chi connectivity index (χ0n) is 37.6. The Bertz CT molecular complexity index is 1790. The summed E-state index contributed by atoms with van der Waals surface area (Å²) in [4.78, 5) is 19.3. The third kappa shape index (κ3) is 7.33. The van der Waals surface area contributed by atoms with Gasteiger partial charge in [0.25, 0.3) is 0 Å². The third-order valence-electron chi connectivity index (χ3n) is 18.7. The lowest BCUT2D eigenvalue weighted by Gasteiger charge is -2.72. The van der Waals surface area contributed by atoms with E-state index in [1.807, 2.05) is 18.4 Å². The van der Waals surface area contributed by atoms with E-state index in [4.69, 9.17) is 4.74 Å². The number of nitrogens with one attached hydrogen (secondary N) is 1. The highest BCUT2D eigenvalue weighted by atomic mass is 32.2. The summed E-state index contributed by atoms with van der Waals surface area (Å²) in [6.07, 6.45) is 24.3. The standard InChI is InChI=1S/C50H77N3O4S/c1-34(2)38-17-25-50(52-29-31-53(9)30-20-35(3)58(10)56)27-26-47(7)40(43(38)50)13-14-42-46(6)21-18-39(45(4,5)41(46)19-22-48(42,47)8)36-15-23-49(24-16-36,44(54)55)33-57-37-12-11-28-51-32-37/h11-12,15,18,28,32,35,38,40-43,52H,1,13-14,16-17,19-27,29-31,33H2,2-10H3,(H,54,55)/t35?,38-,40+,41-,42+,43+,46-,47+,48+,49?,50-,58?/m0/s1. The minimum atomic E-state index is -0.920. The van der Waals surface area contributed by atoms with E-state index < -0.39 is 22.2 Å². The molecule has 7 rings (SSSR count). The lowest BCUT2D eigenvalue weighted by molar-refractivity contribution is -0.221. The predicted octanol–water partition coefficient (Wildman–Crippen LogP) is 10.3. The van der Waals surface area contributed by atoms with Gasteiger partial charge in [-0.25, -0.2) is 0 Å². The van der Waals surface area contributed by atoms with Crippen LogP contribution in [0, 0.1) is 56.7 Å². The molecule has 2 N–H and O–H groups in total. The Balaban J connectivity index is 1.09. The minimum Gasteiger partial charge on any atom is -0.491 e. The van der Waals surface area contributed by atoms with Crippen LogP contribution in [0.4, 0.5) is 0 Å². The lowest BCUT2D eigenvalue weighted by atomic mass is 9.33. The molecule has 1 heterocycles. The third-order valence-corrected chi connectivity index (χ3v) is 20.0. The number of aliphatic carboxylic acids is 1. The quantitative estimate of drug-likeness (QED) is 0.181. The highest BCUT2D eigenvalue weighted by Gasteiger charge is 2.70. The smallest absolute Gasteiger partial charge is 0.313 e. The second kappa shape index (κ2) is 16.2. The Morgan fingerprint density at radius 1 is 1.02 bits per heavy atom. The summed E-state index contributed by atoms with van der Waals surface area (Å²) in [6, 6.07) is 3.67. The number of aromatic nitrogens is 1. The fourth-order valence-corrected chi connectivity index (χ4v) is 15.4. The van der Waals surface area contributed by atoms with Crippen molar-refractivity contribution in [2.24, 2.45) is 56.7 Å². The van der Waals surface area contributed by atoms with Crippen LogP contribution in [0.3, 0.4) is 0 Å². The van der Waals surface area contributed by atoms with Crippen molar-refractivity contribution >= 4 is 16.8 Å². The monoisotopic (exact) mass is 816 g/mol. The minimum absolute atomic E-state index is 0.0221. The second-order valence-electron chi connectivity index (χ2n) is 21.7. The number of hydrogen-bond acceptors (Lipinski definition) is 6. The van der Waals surface area contributed by atoms with Crippen LogP contribution in [0.25, 0.3) is 0 Å². The van der Waals surface area contributed by atoms with Gasteiger partial charge in [-0.3, -0.25) is 14.0 Å². The molecule has 58 heavy (non-hydrogen) atoms. The maximum atomic E-state index is 12.7. The first kappa shape index (κ1) is 43.8. The van der Waals surface area contributed by atoms with E-state index in [0.717, 1.165) is 38.9 Å². The number of ether oxygens (including phenoxy) is 1. The molecule has 8 heteroatoms. The molecule has 0 amide bonds. The maximum Gasteiger partial charge on any atom is 0.313 e. The fourth-order valence-electron chi connectivity index (χ4n) is 15.0. The average molecular weight is 816 g/mol. The molecule has 322 valence electrons. The molecular weight excluding hydrogens is 739 g/mol. The van der Waals surface area contributed by atoms with Gasteiger partial charge >= 0.3 is 5.97 Å². The number of nitrogens with zero attached hydrogens (tertiary/aromatic N) is 2. The van der Waals surface area contributed by atoms with Crippen molar-refractivity contribution in [2.75, 3.05) is 39.5 Å². The zero-order chi connectivity index (χ0) is 41.9. The fraction of sp³-hybridized carbons (Fsp3) is 0.760. The van der Waals surface area contributed by atoms with Crippen molar-refractivity contribution in [2.45, 2.75) is 143 Å². The van der Waals surface area contributed by atoms with Gasteiger partial charge in [0, 0.05) is 47.1 Å².